The van der Waals surface area contributed by atoms with Crippen LogP contribution in [0.1, 0.15) is 35.0 Å². The van der Waals surface area contributed by atoms with Gasteiger partial charge in [-0.15, -0.1) is 11.3 Å². The summed E-state index contributed by atoms with van der Waals surface area (Å²) < 4.78 is 4.65. The van der Waals surface area contributed by atoms with Crippen molar-refractivity contribution in [1.29, 1.82) is 0 Å². The Bertz CT molecular complexity index is 377. The van der Waals surface area contributed by atoms with Crippen LogP contribution in [0.15, 0.2) is 11.4 Å². The van der Waals surface area contributed by atoms with E-state index in [-0.39, 0.29) is 17.5 Å². The lowest BCUT2D eigenvalue weighted by molar-refractivity contribution is 0.0601. The molecule has 1 N–H and O–H groups in total. The van der Waals surface area contributed by atoms with Gasteiger partial charge in [0.1, 0.15) is 0 Å². The van der Waals surface area contributed by atoms with Gasteiger partial charge in [0.2, 0.25) is 0 Å². The van der Waals surface area contributed by atoms with Crippen molar-refractivity contribution in [1.82, 2.24) is 0 Å². The van der Waals surface area contributed by atoms with Gasteiger partial charge in [0.25, 0.3) is 0 Å². The lowest BCUT2D eigenvalue weighted by Gasteiger charge is -2.16. The van der Waals surface area contributed by atoms with E-state index in [1.54, 1.807) is 5.38 Å². The molecule has 1 fully saturated rings. The van der Waals surface area contributed by atoms with Crippen LogP contribution in [0.4, 0.5) is 0 Å². The quantitative estimate of drug-likeness (QED) is 0.801. The number of aliphatic hydroxyl groups excluding tert-OH is 1. The van der Waals surface area contributed by atoms with Gasteiger partial charge in [-0.25, -0.2) is 4.79 Å². The minimum absolute atomic E-state index is 0.0864. The number of rotatable bonds is 3. The molecule has 1 atom stereocenters. The zero-order valence-corrected chi connectivity index (χ0v) is 9.63. The number of thiophene rings is 1. The number of ether oxygens (including phenoxy) is 1. The van der Waals surface area contributed by atoms with E-state index in [0.717, 1.165) is 17.7 Å². The molecule has 4 heteroatoms. The number of aliphatic hydroxyl groups is 1. The first kappa shape index (κ1) is 10.6. The summed E-state index contributed by atoms with van der Waals surface area (Å²) in [6.07, 6.45) is 1.67. The van der Waals surface area contributed by atoms with Crippen molar-refractivity contribution in [2.75, 3.05) is 7.11 Å². The van der Waals surface area contributed by atoms with Gasteiger partial charge in [0.15, 0.2) is 0 Å². The molecule has 1 aromatic rings. The maximum Gasteiger partial charge on any atom is 0.338 e. The maximum atomic E-state index is 11.3. The zero-order chi connectivity index (χ0) is 11.1. The van der Waals surface area contributed by atoms with Gasteiger partial charge in [-0.05, 0) is 25.8 Å². The fraction of sp³-hybridized carbons (Fsp3) is 0.545. The summed E-state index contributed by atoms with van der Waals surface area (Å²) in [6.45, 7) is 1.81. The van der Waals surface area contributed by atoms with Crippen LogP contribution in [-0.4, -0.2) is 24.3 Å². The molecule has 0 radical (unpaired) electrons. The van der Waals surface area contributed by atoms with Gasteiger partial charge < -0.3 is 9.84 Å². The van der Waals surface area contributed by atoms with Crippen molar-refractivity contribution in [2.45, 2.75) is 31.3 Å². The van der Waals surface area contributed by atoms with Crippen LogP contribution >= 0.6 is 11.3 Å². The minimum Gasteiger partial charge on any atom is -0.465 e. The molecule has 1 aliphatic carbocycles. The molecular formula is C11H14O3S. The third-order valence-electron chi connectivity index (χ3n) is 3.10. The van der Waals surface area contributed by atoms with E-state index in [0.29, 0.717) is 5.56 Å². The molecule has 0 bridgehead atoms. The number of hydrogen-bond donors (Lipinski definition) is 1. The maximum absolute atomic E-state index is 11.3. The predicted octanol–water partition coefficient (Wildman–Crippen LogP) is 1.95. The fourth-order valence-corrected chi connectivity index (χ4v) is 3.05. The Labute approximate surface area is 92.7 Å². The summed E-state index contributed by atoms with van der Waals surface area (Å²) in [6, 6.07) is 1.84. The topological polar surface area (TPSA) is 46.5 Å². The Morgan fingerprint density at radius 1 is 1.67 bits per heavy atom. The summed E-state index contributed by atoms with van der Waals surface area (Å²) in [5.41, 5.74) is 0.501. The van der Waals surface area contributed by atoms with E-state index in [2.05, 4.69) is 4.74 Å². The highest BCUT2D eigenvalue weighted by Gasteiger charge is 2.49. The van der Waals surface area contributed by atoms with Crippen molar-refractivity contribution in [3.8, 4) is 0 Å². The molecule has 0 aliphatic heterocycles. The van der Waals surface area contributed by atoms with Gasteiger partial charge in [-0.1, -0.05) is 0 Å². The Kier molecular flexibility index (Phi) is 2.56. The first-order valence-electron chi connectivity index (χ1n) is 4.95. The van der Waals surface area contributed by atoms with Crippen LogP contribution < -0.4 is 0 Å². The smallest absolute Gasteiger partial charge is 0.338 e. The van der Waals surface area contributed by atoms with Crippen molar-refractivity contribution in [3.05, 3.63) is 21.9 Å². The van der Waals surface area contributed by atoms with E-state index < -0.39 is 0 Å². The Hall–Kier alpha value is -0.870. The highest BCUT2D eigenvalue weighted by atomic mass is 32.1. The molecule has 1 heterocycles. The van der Waals surface area contributed by atoms with Crippen molar-refractivity contribution < 1.29 is 14.6 Å². The van der Waals surface area contributed by atoms with Crippen molar-refractivity contribution in [2.24, 2.45) is 0 Å². The molecular weight excluding hydrogens is 212 g/mol. The van der Waals surface area contributed by atoms with E-state index in [1.807, 2.05) is 13.0 Å². The molecule has 15 heavy (non-hydrogen) atoms. The van der Waals surface area contributed by atoms with Gasteiger partial charge in [0, 0.05) is 15.7 Å². The van der Waals surface area contributed by atoms with Gasteiger partial charge in [-0.3, -0.25) is 0 Å². The van der Waals surface area contributed by atoms with E-state index in [4.69, 9.17) is 0 Å². The summed E-state index contributed by atoms with van der Waals surface area (Å²) in [5.74, 6) is -0.307. The van der Waals surface area contributed by atoms with Crippen LogP contribution in [-0.2, 0) is 10.2 Å². The number of carbonyl (C=O) groups is 1. The molecule has 0 saturated heterocycles. The molecule has 1 unspecified atom stereocenters. The van der Waals surface area contributed by atoms with Crippen LogP contribution in [0.3, 0.4) is 0 Å². The van der Waals surface area contributed by atoms with Crippen LogP contribution in [0.5, 0.6) is 0 Å². The van der Waals surface area contributed by atoms with E-state index in [1.165, 1.54) is 18.4 Å². The van der Waals surface area contributed by atoms with Gasteiger partial charge in [-0.2, -0.15) is 0 Å². The molecule has 1 aliphatic rings. The second-order valence-corrected chi connectivity index (χ2v) is 4.93. The summed E-state index contributed by atoms with van der Waals surface area (Å²) in [7, 11) is 1.38. The molecule has 0 aromatic carbocycles. The van der Waals surface area contributed by atoms with E-state index in [9.17, 15) is 9.90 Å². The standard InChI is InChI=1S/C11H14O3S/c1-7(12)11(3-4-11)9-5-8(6-15-9)10(13)14-2/h5-7,12H,3-4H2,1-2H3. The summed E-state index contributed by atoms with van der Waals surface area (Å²) in [4.78, 5) is 12.4. The lowest BCUT2D eigenvalue weighted by atomic mass is 9.98. The Morgan fingerprint density at radius 3 is 2.80 bits per heavy atom. The van der Waals surface area contributed by atoms with Gasteiger partial charge in [0.05, 0.1) is 18.8 Å². The van der Waals surface area contributed by atoms with Crippen LogP contribution in [0, 0.1) is 0 Å². The Morgan fingerprint density at radius 2 is 2.33 bits per heavy atom. The lowest BCUT2D eigenvalue weighted by Crippen LogP contribution is -2.21. The average Bonchev–Trinajstić information content (AvgIpc) is 2.90. The molecule has 1 aromatic heterocycles. The van der Waals surface area contributed by atoms with Crippen LogP contribution in [0.2, 0.25) is 0 Å². The molecule has 0 amide bonds. The van der Waals surface area contributed by atoms with E-state index >= 15 is 0 Å². The normalized spacial score (nSPS) is 19.7. The third-order valence-corrected chi connectivity index (χ3v) is 4.25. The van der Waals surface area contributed by atoms with Crippen LogP contribution in [0.25, 0.3) is 0 Å². The van der Waals surface area contributed by atoms with Crippen molar-refractivity contribution >= 4 is 17.3 Å². The largest absolute Gasteiger partial charge is 0.465 e. The summed E-state index contributed by atoms with van der Waals surface area (Å²) >= 11 is 1.53. The first-order valence-corrected chi connectivity index (χ1v) is 5.83. The monoisotopic (exact) mass is 226 g/mol. The van der Waals surface area contributed by atoms with Crippen molar-refractivity contribution in [3.63, 3.8) is 0 Å². The number of esters is 1. The first-order chi connectivity index (χ1) is 7.10. The molecule has 0 spiro atoms. The highest BCUT2D eigenvalue weighted by molar-refractivity contribution is 7.10. The summed E-state index contributed by atoms with van der Waals surface area (Å²) in [5, 5.41) is 11.5. The molecule has 2 rings (SSSR count). The SMILES string of the molecule is COC(=O)c1csc(C2(C(C)O)CC2)c1. The molecule has 3 nitrogen and oxygen atoms in total. The number of hydrogen-bond acceptors (Lipinski definition) is 4. The van der Waals surface area contributed by atoms with Gasteiger partial charge >= 0.3 is 5.97 Å². The molecule has 1 saturated carbocycles. The number of carbonyl (C=O) groups excluding carboxylic acids is 1. The second-order valence-electron chi connectivity index (χ2n) is 4.02. The number of methoxy groups -OCH3 is 1. The Balaban J connectivity index is 2.24. The molecule has 82 valence electrons. The predicted molar refractivity (Wildman–Crippen MR) is 58.3 cm³/mol. The minimum atomic E-state index is -0.346. The highest BCUT2D eigenvalue weighted by Crippen LogP contribution is 2.52. The average molecular weight is 226 g/mol. The third kappa shape index (κ3) is 1.68. The zero-order valence-electron chi connectivity index (χ0n) is 8.82. The second kappa shape index (κ2) is 3.61. The fourth-order valence-electron chi connectivity index (χ4n) is 1.83.